The maximum Gasteiger partial charge on any atom is 0.254 e. The number of carbonyl (C=O) groups excluding carboxylic acids is 2. The molecule has 256 valence electrons. The average Bonchev–Trinajstić information content (AvgIpc) is 3.38. The zero-order chi connectivity index (χ0) is 33.9. The van der Waals surface area contributed by atoms with Crippen LogP contribution in [-0.4, -0.2) is 76.7 Å². The van der Waals surface area contributed by atoms with Gasteiger partial charge >= 0.3 is 0 Å². The molecule has 0 unspecified atom stereocenters. The van der Waals surface area contributed by atoms with E-state index in [0.717, 1.165) is 64.1 Å². The quantitative estimate of drug-likeness (QED) is 0.290. The molecule has 6 rings (SSSR count). The highest BCUT2D eigenvalue weighted by atomic mass is 19.1. The van der Waals surface area contributed by atoms with Crippen molar-refractivity contribution in [2.24, 2.45) is 5.92 Å². The molecular weight excluding hydrogens is 623 g/mol. The van der Waals surface area contributed by atoms with Gasteiger partial charge in [0.2, 0.25) is 5.91 Å². The molecule has 0 spiro atoms. The molecule has 0 radical (unpaired) electrons. The van der Waals surface area contributed by atoms with Crippen molar-refractivity contribution in [3.05, 3.63) is 70.7 Å². The van der Waals surface area contributed by atoms with Gasteiger partial charge in [-0.15, -0.1) is 0 Å². The van der Waals surface area contributed by atoms with Crippen LogP contribution in [0.15, 0.2) is 36.4 Å². The van der Waals surface area contributed by atoms with Crippen LogP contribution < -0.4 is 10.1 Å². The van der Waals surface area contributed by atoms with E-state index in [-0.39, 0.29) is 64.2 Å². The SMILES string of the molecule is CC(C)c1ccc(-c2c(F)cc(Oc3cc(C(=O)NC4CCN(C5CCOCC5)CC4)c(F)cc3CN3C[C@@H](C)CC3=O)cc2F)nn1. The van der Waals surface area contributed by atoms with E-state index >= 15 is 13.2 Å². The first-order valence-electron chi connectivity index (χ1n) is 16.8. The van der Waals surface area contributed by atoms with Crippen molar-refractivity contribution in [3.63, 3.8) is 0 Å². The van der Waals surface area contributed by atoms with E-state index in [1.54, 1.807) is 11.0 Å². The van der Waals surface area contributed by atoms with E-state index in [4.69, 9.17) is 9.47 Å². The molecule has 48 heavy (non-hydrogen) atoms. The topological polar surface area (TPSA) is 96.9 Å². The molecule has 9 nitrogen and oxygen atoms in total. The number of ether oxygens (including phenoxy) is 2. The Hall–Kier alpha value is -4.03. The molecule has 3 aliphatic heterocycles. The Kier molecular flexibility index (Phi) is 10.3. The highest BCUT2D eigenvalue weighted by Crippen LogP contribution is 2.35. The molecular formula is C36H42F3N5O4. The molecule has 3 saturated heterocycles. The molecule has 4 heterocycles. The Balaban J connectivity index is 1.23. The van der Waals surface area contributed by atoms with E-state index in [9.17, 15) is 9.59 Å². The van der Waals surface area contributed by atoms with Crippen LogP contribution >= 0.6 is 0 Å². The second-order valence-corrected chi connectivity index (χ2v) is 13.5. The van der Waals surface area contributed by atoms with Gasteiger partial charge in [-0.1, -0.05) is 20.8 Å². The van der Waals surface area contributed by atoms with Gasteiger partial charge in [0.15, 0.2) is 0 Å². The third-order valence-electron chi connectivity index (χ3n) is 9.51. The predicted molar refractivity (Wildman–Crippen MR) is 173 cm³/mol. The number of hydrogen-bond acceptors (Lipinski definition) is 7. The molecule has 3 aliphatic rings. The zero-order valence-electron chi connectivity index (χ0n) is 27.6. The third-order valence-corrected chi connectivity index (χ3v) is 9.51. The summed E-state index contributed by atoms with van der Waals surface area (Å²) in [6.07, 6.45) is 3.82. The monoisotopic (exact) mass is 665 g/mol. The van der Waals surface area contributed by atoms with Gasteiger partial charge in [-0.2, -0.15) is 10.2 Å². The number of aromatic nitrogens is 2. The predicted octanol–water partition coefficient (Wildman–Crippen LogP) is 6.22. The van der Waals surface area contributed by atoms with Gasteiger partial charge in [0.25, 0.3) is 5.91 Å². The first kappa shape index (κ1) is 33.9. The van der Waals surface area contributed by atoms with Crippen LogP contribution in [0, 0.1) is 23.4 Å². The van der Waals surface area contributed by atoms with Gasteiger partial charge in [0.05, 0.1) is 22.5 Å². The van der Waals surface area contributed by atoms with Gasteiger partial charge in [0.1, 0.15) is 29.0 Å². The van der Waals surface area contributed by atoms with Gasteiger partial charge in [-0.25, -0.2) is 13.2 Å². The highest BCUT2D eigenvalue weighted by Gasteiger charge is 2.30. The molecule has 0 saturated carbocycles. The van der Waals surface area contributed by atoms with Crippen LogP contribution in [0.25, 0.3) is 11.3 Å². The largest absolute Gasteiger partial charge is 0.457 e. The van der Waals surface area contributed by atoms with Crippen LogP contribution in [0.1, 0.15) is 80.4 Å². The van der Waals surface area contributed by atoms with Crippen molar-refractivity contribution >= 4 is 11.8 Å². The lowest BCUT2D eigenvalue weighted by atomic mass is 9.99. The summed E-state index contributed by atoms with van der Waals surface area (Å²) in [5, 5.41) is 11.0. The normalized spacial score (nSPS) is 19.7. The molecule has 0 bridgehead atoms. The number of likely N-dealkylation sites (tertiary alicyclic amines) is 2. The number of rotatable bonds is 9. The Morgan fingerprint density at radius 2 is 1.71 bits per heavy atom. The highest BCUT2D eigenvalue weighted by molar-refractivity contribution is 5.95. The van der Waals surface area contributed by atoms with Gasteiger partial charge in [-0.05, 0) is 61.8 Å². The molecule has 1 aromatic heterocycles. The smallest absolute Gasteiger partial charge is 0.254 e. The molecule has 3 aromatic rings. The fourth-order valence-electron chi connectivity index (χ4n) is 6.80. The zero-order valence-corrected chi connectivity index (χ0v) is 27.6. The summed E-state index contributed by atoms with van der Waals surface area (Å²) in [5.74, 6) is -3.25. The summed E-state index contributed by atoms with van der Waals surface area (Å²) in [4.78, 5) is 30.0. The maximum absolute atomic E-state index is 15.6. The minimum absolute atomic E-state index is 0.0167. The lowest BCUT2D eigenvalue weighted by Gasteiger charge is -2.39. The summed E-state index contributed by atoms with van der Waals surface area (Å²) in [7, 11) is 0. The van der Waals surface area contributed by atoms with Crippen LogP contribution in [0.3, 0.4) is 0 Å². The lowest BCUT2D eigenvalue weighted by molar-refractivity contribution is -0.128. The Labute approximate surface area is 278 Å². The standard InChI is InChI=1S/C36H42F3N5O4/c1-21(2)31-4-5-32(42-41-31)35-29(38)16-26(17-30(35)39)48-33-18-27(28(37)15-23(33)20-44-19-22(3)14-34(44)45)36(46)40-24-6-10-43(11-7-24)25-8-12-47-13-9-25/h4-5,15-18,21-22,24-25H,6-14,19-20H2,1-3H3,(H,40,46)/t22-/m0/s1. The molecule has 2 aromatic carbocycles. The summed E-state index contributed by atoms with van der Waals surface area (Å²) < 4.78 is 57.8. The lowest BCUT2D eigenvalue weighted by Crippen LogP contribution is -2.49. The Bertz CT molecular complexity index is 1620. The number of nitrogens with zero attached hydrogens (tertiary/aromatic N) is 4. The second-order valence-electron chi connectivity index (χ2n) is 13.5. The molecule has 0 aliphatic carbocycles. The summed E-state index contributed by atoms with van der Waals surface area (Å²) in [6.45, 7) is 9.49. The first-order valence-corrected chi connectivity index (χ1v) is 16.8. The van der Waals surface area contributed by atoms with Crippen molar-refractivity contribution in [2.45, 2.75) is 77.4 Å². The minimum Gasteiger partial charge on any atom is -0.457 e. The number of benzene rings is 2. The fourth-order valence-corrected chi connectivity index (χ4v) is 6.80. The molecule has 1 atom stereocenters. The second kappa shape index (κ2) is 14.6. The van der Waals surface area contributed by atoms with E-state index < -0.39 is 23.4 Å². The van der Waals surface area contributed by atoms with E-state index in [1.807, 2.05) is 20.8 Å². The number of piperidine rings is 1. The van der Waals surface area contributed by atoms with Crippen molar-refractivity contribution in [1.29, 1.82) is 0 Å². The maximum atomic E-state index is 15.6. The number of nitrogens with one attached hydrogen (secondary N) is 1. The summed E-state index contributed by atoms with van der Waals surface area (Å²) in [6, 6.07) is 7.97. The van der Waals surface area contributed by atoms with Crippen molar-refractivity contribution in [3.8, 4) is 22.8 Å². The molecule has 1 N–H and O–H groups in total. The molecule has 3 fully saturated rings. The van der Waals surface area contributed by atoms with Crippen molar-refractivity contribution < 1.29 is 32.2 Å². The summed E-state index contributed by atoms with van der Waals surface area (Å²) in [5.41, 5.74) is 0.386. The van der Waals surface area contributed by atoms with Gasteiger partial charge in [0, 0.05) is 75.6 Å². The van der Waals surface area contributed by atoms with Crippen molar-refractivity contribution in [1.82, 2.24) is 25.3 Å². The van der Waals surface area contributed by atoms with E-state index in [0.29, 0.717) is 24.7 Å². The number of amides is 2. The van der Waals surface area contributed by atoms with Crippen molar-refractivity contribution in [2.75, 3.05) is 32.8 Å². The van der Waals surface area contributed by atoms with Crippen LogP contribution in [-0.2, 0) is 16.1 Å². The average molecular weight is 666 g/mol. The Morgan fingerprint density at radius 3 is 2.31 bits per heavy atom. The van der Waals surface area contributed by atoms with Crippen LogP contribution in [0.2, 0.25) is 0 Å². The summed E-state index contributed by atoms with van der Waals surface area (Å²) >= 11 is 0. The van der Waals surface area contributed by atoms with Crippen LogP contribution in [0.4, 0.5) is 13.2 Å². The fraction of sp³-hybridized carbons (Fsp3) is 0.500. The third kappa shape index (κ3) is 7.65. The number of hydrogen-bond donors (Lipinski definition) is 1. The van der Waals surface area contributed by atoms with Gasteiger partial charge < -0.3 is 24.6 Å². The number of carbonyl (C=O) groups is 2. The Morgan fingerprint density at radius 1 is 1.00 bits per heavy atom. The first-order chi connectivity index (χ1) is 23.0. The van der Waals surface area contributed by atoms with E-state index in [1.165, 1.54) is 18.2 Å². The van der Waals surface area contributed by atoms with E-state index in [2.05, 4.69) is 20.4 Å². The number of halogens is 3. The van der Waals surface area contributed by atoms with Crippen LogP contribution in [0.5, 0.6) is 11.5 Å². The minimum atomic E-state index is -0.922. The van der Waals surface area contributed by atoms with Gasteiger partial charge in [-0.3, -0.25) is 9.59 Å². The molecule has 2 amide bonds. The molecule has 12 heteroatoms.